The van der Waals surface area contributed by atoms with Gasteiger partial charge < -0.3 is 34.7 Å². The summed E-state index contributed by atoms with van der Waals surface area (Å²) in [6.45, 7) is 10.8. The Balaban J connectivity index is 0. The molecule has 1 atom stereocenters. The molecule has 1 heterocycles. The zero-order valence-electron chi connectivity index (χ0n) is 15.4. The fourth-order valence-electron chi connectivity index (χ4n) is 3.09. The number of rotatable bonds is 1. The van der Waals surface area contributed by atoms with Gasteiger partial charge in [-0.2, -0.15) is 0 Å². The molecule has 0 bridgehead atoms. The van der Waals surface area contributed by atoms with Crippen LogP contribution in [0.25, 0.3) is 4.98 Å². The zero-order chi connectivity index (χ0) is 15.6. The zero-order valence-corrected chi connectivity index (χ0v) is 19.5. The predicted octanol–water partition coefficient (Wildman–Crippen LogP) is -0.873. The third-order valence-electron chi connectivity index (χ3n) is 3.64. The minimum absolute atomic E-state index is 0. The van der Waals surface area contributed by atoms with Crippen LogP contribution in [-0.2, 0) is 21.7 Å². The number of halogens is 2. The molecule has 6 heteroatoms. The maximum atomic E-state index is 4.51. The third-order valence-corrected chi connectivity index (χ3v) is 4.76. The van der Waals surface area contributed by atoms with E-state index in [2.05, 4.69) is 87.6 Å². The molecule has 0 saturated heterocycles. The molecule has 2 aliphatic rings. The van der Waals surface area contributed by atoms with Crippen LogP contribution in [0.1, 0.15) is 38.7 Å². The van der Waals surface area contributed by atoms with Gasteiger partial charge in [-0.15, -0.1) is 17.7 Å². The monoisotopic (exact) mass is 417 g/mol. The SMILES string of the molecule is CN1C2=C[CH-]CC2c2ccccc21.C[Si](C)[N-]C(C)(C)C.[Cl-].[Cl-].[Ti+4]. The van der Waals surface area contributed by atoms with E-state index in [0.29, 0.717) is 5.92 Å². The van der Waals surface area contributed by atoms with Gasteiger partial charge in [0.2, 0.25) is 0 Å². The van der Waals surface area contributed by atoms with E-state index in [9.17, 15) is 0 Å². The number of hydrogen-bond donors (Lipinski definition) is 0. The molecular weight excluding hydrogens is 391 g/mol. The Bertz CT molecular complexity index is 530. The summed E-state index contributed by atoms with van der Waals surface area (Å²) in [7, 11) is 1.79. The van der Waals surface area contributed by atoms with Crippen LogP contribution in [0.3, 0.4) is 0 Å². The van der Waals surface area contributed by atoms with Crippen LogP contribution in [-0.4, -0.2) is 21.5 Å². The Labute approximate surface area is 177 Å². The fraction of sp³-hybridized carbons (Fsp3) is 0.500. The van der Waals surface area contributed by atoms with Crippen molar-refractivity contribution in [2.45, 2.75) is 51.7 Å². The number of likely N-dealkylation sites (N-methyl/N-ethyl adjacent to an activating group) is 1. The summed E-state index contributed by atoms with van der Waals surface area (Å²) >= 11 is 0. The molecule has 0 spiro atoms. The largest absolute Gasteiger partial charge is 4.00 e. The first kappa shape index (κ1) is 26.3. The van der Waals surface area contributed by atoms with E-state index < -0.39 is 0 Å². The fourth-order valence-corrected chi connectivity index (χ4v) is 4.43. The van der Waals surface area contributed by atoms with Gasteiger partial charge in [-0.05, 0) is 18.7 Å². The van der Waals surface area contributed by atoms with Gasteiger partial charge in [0.05, 0.1) is 0 Å². The van der Waals surface area contributed by atoms with E-state index in [1.165, 1.54) is 23.4 Å². The molecule has 1 aromatic carbocycles. The van der Waals surface area contributed by atoms with Crippen molar-refractivity contribution in [1.82, 2.24) is 0 Å². The van der Waals surface area contributed by atoms with E-state index in [-0.39, 0.29) is 61.0 Å². The number of para-hydroxylation sites is 1. The van der Waals surface area contributed by atoms with E-state index in [0.717, 1.165) is 0 Å². The third kappa shape index (κ3) is 6.78. The second-order valence-corrected chi connectivity index (χ2v) is 9.08. The number of allylic oxidation sites excluding steroid dienone is 2. The second-order valence-electron chi connectivity index (χ2n) is 6.96. The van der Waals surface area contributed by atoms with Crippen molar-refractivity contribution in [3.05, 3.63) is 53.0 Å². The van der Waals surface area contributed by atoms with Crippen LogP contribution in [0.2, 0.25) is 13.1 Å². The normalized spacial score (nSPS) is 17.0. The topological polar surface area (TPSA) is 17.3 Å². The molecule has 1 aromatic rings. The quantitative estimate of drug-likeness (QED) is 0.428. The van der Waals surface area contributed by atoms with Crippen molar-refractivity contribution in [3.63, 3.8) is 0 Å². The van der Waals surface area contributed by atoms with Crippen molar-refractivity contribution >= 4 is 14.6 Å². The first-order chi connectivity index (χ1) is 9.79. The first-order valence-corrected chi connectivity index (χ1v) is 10.1. The summed E-state index contributed by atoms with van der Waals surface area (Å²) in [5.41, 5.74) is 4.52. The smallest absolute Gasteiger partial charge is 1.00 e. The van der Waals surface area contributed by atoms with Gasteiger partial charge in [0.15, 0.2) is 0 Å². The molecule has 131 valence electrons. The van der Waals surface area contributed by atoms with Crippen LogP contribution < -0.4 is 29.7 Å². The van der Waals surface area contributed by atoms with E-state index in [4.69, 9.17) is 0 Å². The van der Waals surface area contributed by atoms with Crippen molar-refractivity contribution in [2.24, 2.45) is 0 Å². The van der Waals surface area contributed by atoms with E-state index in [1.54, 1.807) is 0 Å². The molecule has 1 aliphatic carbocycles. The number of benzene rings is 1. The molecule has 1 aliphatic heterocycles. The summed E-state index contributed by atoms with van der Waals surface area (Å²) in [5.74, 6) is 0.640. The second kappa shape index (κ2) is 11.0. The number of fused-ring (bicyclic) bond motifs is 3. The van der Waals surface area contributed by atoms with Gasteiger partial charge in [-0.3, -0.25) is 0 Å². The molecular formula is C18H27Cl2N2SiTi. The molecule has 3 rings (SSSR count). The summed E-state index contributed by atoms with van der Waals surface area (Å²) in [5, 5.41) is 0. The Morgan fingerprint density at radius 3 is 2.25 bits per heavy atom. The number of nitrogens with zero attached hydrogens (tertiary/aromatic N) is 2. The predicted molar refractivity (Wildman–Crippen MR) is 95.2 cm³/mol. The molecule has 0 aromatic heterocycles. The van der Waals surface area contributed by atoms with Crippen LogP contribution >= 0.6 is 0 Å². The van der Waals surface area contributed by atoms with Crippen LogP contribution in [0.4, 0.5) is 5.69 Å². The first-order valence-electron chi connectivity index (χ1n) is 7.68. The molecule has 0 saturated carbocycles. The molecule has 24 heavy (non-hydrogen) atoms. The Morgan fingerprint density at radius 1 is 1.17 bits per heavy atom. The van der Waals surface area contributed by atoms with Crippen molar-refractivity contribution < 1.29 is 46.5 Å². The van der Waals surface area contributed by atoms with Crippen molar-refractivity contribution in [2.75, 3.05) is 11.9 Å². The van der Waals surface area contributed by atoms with Gasteiger partial charge in [0.25, 0.3) is 0 Å². The Morgan fingerprint density at radius 2 is 1.75 bits per heavy atom. The van der Waals surface area contributed by atoms with Gasteiger partial charge in [-0.1, -0.05) is 66.9 Å². The minimum Gasteiger partial charge on any atom is -1.00 e. The number of hydrogen-bond acceptors (Lipinski definition) is 1. The van der Waals surface area contributed by atoms with Gasteiger partial charge in [0, 0.05) is 5.69 Å². The van der Waals surface area contributed by atoms with Crippen LogP contribution in [0, 0.1) is 6.42 Å². The van der Waals surface area contributed by atoms with Crippen molar-refractivity contribution in [1.29, 1.82) is 0 Å². The number of anilines is 1. The van der Waals surface area contributed by atoms with E-state index in [1.807, 2.05) is 0 Å². The molecule has 2 nitrogen and oxygen atoms in total. The maximum absolute atomic E-state index is 4.51. The standard InChI is InChI=1S/C12H12N.C6H15NSi.2ClH.Ti/c1-13-11-7-3-2-5-9(11)10-6-4-8-12(10)13;1-6(2,3)7-8(4)5;;;/h2-5,7-8,10H,6H2,1H3;1-5H3;2*1H;/q2*-1;;;+4/p-2. The Hall–Kier alpha value is 0.101. The average molecular weight is 418 g/mol. The summed E-state index contributed by atoms with van der Waals surface area (Å²) < 4.78 is 0. The van der Waals surface area contributed by atoms with Crippen molar-refractivity contribution in [3.8, 4) is 0 Å². The van der Waals surface area contributed by atoms with Crippen LogP contribution in [0.15, 0.2) is 36.0 Å². The summed E-state index contributed by atoms with van der Waals surface area (Å²) in [6, 6.07) is 8.69. The Kier molecular flexibility index (Phi) is 12.0. The molecule has 0 fully saturated rings. The molecule has 0 amide bonds. The maximum Gasteiger partial charge on any atom is 4.00 e. The molecule has 0 N–H and O–H groups in total. The molecule has 1 unspecified atom stereocenters. The average Bonchev–Trinajstić information content (AvgIpc) is 2.92. The summed E-state index contributed by atoms with van der Waals surface area (Å²) in [4.78, 5) is 6.82. The minimum atomic E-state index is -0.367. The van der Waals surface area contributed by atoms with Crippen LogP contribution in [0.5, 0.6) is 0 Å². The summed E-state index contributed by atoms with van der Waals surface area (Å²) in [6.07, 6.45) is 5.70. The van der Waals surface area contributed by atoms with Gasteiger partial charge >= 0.3 is 21.7 Å². The van der Waals surface area contributed by atoms with E-state index >= 15 is 0 Å². The van der Waals surface area contributed by atoms with Gasteiger partial charge in [-0.25, -0.2) is 12.5 Å². The molecule has 1 radical (unpaired) electrons. The van der Waals surface area contributed by atoms with Gasteiger partial charge in [0.1, 0.15) is 0 Å².